The van der Waals surface area contributed by atoms with Gasteiger partial charge in [-0.05, 0) is 12.8 Å². The molecule has 0 aromatic carbocycles. The van der Waals surface area contributed by atoms with Crippen molar-refractivity contribution in [2.45, 2.75) is 18.9 Å². The molecule has 0 saturated heterocycles. The van der Waals surface area contributed by atoms with E-state index in [9.17, 15) is 0 Å². The van der Waals surface area contributed by atoms with Crippen LogP contribution in [0, 0.1) is 0 Å². The maximum atomic E-state index is 8.63. The molecule has 5 heteroatoms. The van der Waals surface area contributed by atoms with Crippen LogP contribution in [0.3, 0.4) is 0 Å². The van der Waals surface area contributed by atoms with Crippen LogP contribution in [0.15, 0.2) is 0 Å². The van der Waals surface area contributed by atoms with E-state index in [1.54, 1.807) is 0 Å². The third kappa shape index (κ3) is 8.40. The van der Waals surface area contributed by atoms with E-state index in [1.165, 1.54) is 0 Å². The Bertz CT molecular complexity index is 101. The van der Waals surface area contributed by atoms with Gasteiger partial charge in [0.2, 0.25) is 0 Å². The predicted molar refractivity (Wildman–Crippen MR) is 51.1 cm³/mol. The summed E-state index contributed by atoms with van der Waals surface area (Å²) in [4.78, 5) is 0. The van der Waals surface area contributed by atoms with Gasteiger partial charge < -0.3 is 24.8 Å². The lowest BCUT2D eigenvalue weighted by molar-refractivity contribution is -0.0387. The highest BCUT2D eigenvalue weighted by Gasteiger charge is 2.08. The van der Waals surface area contributed by atoms with E-state index in [1.807, 2.05) is 0 Å². The number of aliphatic hydroxyl groups is 3. The van der Waals surface area contributed by atoms with Crippen molar-refractivity contribution in [2.75, 3.05) is 39.6 Å². The quantitative estimate of drug-likeness (QED) is 0.407. The molecule has 0 heterocycles. The van der Waals surface area contributed by atoms with Crippen molar-refractivity contribution >= 4 is 0 Å². The highest BCUT2D eigenvalue weighted by Crippen LogP contribution is 2.02. The van der Waals surface area contributed by atoms with Crippen LogP contribution in [0.2, 0.25) is 0 Å². The summed E-state index contributed by atoms with van der Waals surface area (Å²) in [6.45, 7) is 1.05. The molecule has 0 rings (SSSR count). The zero-order valence-corrected chi connectivity index (χ0v) is 8.39. The molecule has 0 aliphatic rings. The first kappa shape index (κ1) is 13.8. The van der Waals surface area contributed by atoms with Gasteiger partial charge in [0.05, 0.1) is 39.1 Å². The molecular weight excluding hydrogens is 188 g/mol. The zero-order valence-electron chi connectivity index (χ0n) is 8.39. The smallest absolute Gasteiger partial charge is 0.0810 e. The molecule has 3 N–H and O–H groups in total. The largest absolute Gasteiger partial charge is 0.396 e. The maximum Gasteiger partial charge on any atom is 0.0810 e. The number of hydrogen-bond donors (Lipinski definition) is 3. The molecule has 0 aromatic heterocycles. The maximum absolute atomic E-state index is 8.63. The Kier molecular flexibility index (Phi) is 10.7. The first-order valence-electron chi connectivity index (χ1n) is 4.87. The fourth-order valence-corrected chi connectivity index (χ4v) is 1.03. The van der Waals surface area contributed by atoms with Gasteiger partial charge in [0.25, 0.3) is 0 Å². The molecule has 0 radical (unpaired) electrons. The number of aliphatic hydroxyl groups excluding tert-OH is 3. The standard InChI is InChI=1S/C9H20O5/c10-3-1-2-9(14-7-5-12)8-13-6-4-11/h9-12H,1-8H2. The van der Waals surface area contributed by atoms with Crippen LogP contribution in [-0.4, -0.2) is 61.1 Å². The molecule has 0 saturated carbocycles. The lowest BCUT2D eigenvalue weighted by Gasteiger charge is -2.16. The molecule has 5 nitrogen and oxygen atoms in total. The topological polar surface area (TPSA) is 79.2 Å². The van der Waals surface area contributed by atoms with E-state index in [2.05, 4.69) is 0 Å². The summed E-state index contributed by atoms with van der Waals surface area (Å²) in [6.07, 6.45) is 1.24. The van der Waals surface area contributed by atoms with E-state index in [-0.39, 0.29) is 39.1 Å². The number of rotatable bonds is 10. The monoisotopic (exact) mass is 208 g/mol. The van der Waals surface area contributed by atoms with E-state index < -0.39 is 0 Å². The van der Waals surface area contributed by atoms with Crippen LogP contribution in [0.4, 0.5) is 0 Å². The summed E-state index contributed by atoms with van der Waals surface area (Å²) >= 11 is 0. The second kappa shape index (κ2) is 10.9. The molecule has 0 aliphatic heterocycles. The molecule has 1 atom stereocenters. The molecule has 0 aromatic rings. The van der Waals surface area contributed by atoms with Crippen LogP contribution >= 0.6 is 0 Å². The van der Waals surface area contributed by atoms with Crippen LogP contribution in [0.1, 0.15) is 12.8 Å². The summed E-state index contributed by atoms with van der Waals surface area (Å²) in [6, 6.07) is 0. The minimum Gasteiger partial charge on any atom is -0.396 e. The second-order valence-electron chi connectivity index (χ2n) is 2.88. The van der Waals surface area contributed by atoms with Crippen molar-refractivity contribution in [3.8, 4) is 0 Å². The van der Waals surface area contributed by atoms with Gasteiger partial charge in [-0.1, -0.05) is 0 Å². The Balaban J connectivity index is 3.49. The average Bonchev–Trinajstić information content (AvgIpc) is 2.21. The van der Waals surface area contributed by atoms with Crippen LogP contribution < -0.4 is 0 Å². The summed E-state index contributed by atoms with van der Waals surface area (Å²) < 4.78 is 10.4. The van der Waals surface area contributed by atoms with Crippen LogP contribution in [-0.2, 0) is 9.47 Å². The third-order valence-corrected chi connectivity index (χ3v) is 1.67. The predicted octanol–water partition coefficient (Wildman–Crippen LogP) is -0.855. The molecule has 86 valence electrons. The minimum atomic E-state index is -0.110. The van der Waals surface area contributed by atoms with Crippen molar-refractivity contribution in [3.63, 3.8) is 0 Å². The SMILES string of the molecule is OCCCC(COCCO)OCCO. The van der Waals surface area contributed by atoms with Gasteiger partial charge in [-0.25, -0.2) is 0 Å². The van der Waals surface area contributed by atoms with Gasteiger partial charge in [-0.3, -0.25) is 0 Å². The summed E-state index contributed by atoms with van der Waals surface area (Å²) in [5, 5.41) is 25.7. The molecular formula is C9H20O5. The van der Waals surface area contributed by atoms with Gasteiger partial charge in [0.1, 0.15) is 0 Å². The van der Waals surface area contributed by atoms with Crippen LogP contribution in [0.25, 0.3) is 0 Å². The van der Waals surface area contributed by atoms with E-state index in [4.69, 9.17) is 24.8 Å². The van der Waals surface area contributed by atoms with E-state index in [0.717, 1.165) is 0 Å². The van der Waals surface area contributed by atoms with Crippen molar-refractivity contribution in [3.05, 3.63) is 0 Å². The third-order valence-electron chi connectivity index (χ3n) is 1.67. The Morgan fingerprint density at radius 2 is 1.64 bits per heavy atom. The number of ether oxygens (including phenoxy) is 2. The minimum absolute atomic E-state index is 0.00722. The van der Waals surface area contributed by atoms with E-state index in [0.29, 0.717) is 19.4 Å². The Morgan fingerprint density at radius 3 is 2.21 bits per heavy atom. The Hall–Kier alpha value is -0.200. The zero-order chi connectivity index (χ0) is 10.6. The Morgan fingerprint density at radius 1 is 0.929 bits per heavy atom. The van der Waals surface area contributed by atoms with Gasteiger partial charge in [-0.15, -0.1) is 0 Å². The van der Waals surface area contributed by atoms with Crippen molar-refractivity contribution < 1.29 is 24.8 Å². The molecule has 0 spiro atoms. The van der Waals surface area contributed by atoms with Crippen molar-refractivity contribution in [2.24, 2.45) is 0 Å². The van der Waals surface area contributed by atoms with Crippen molar-refractivity contribution in [1.29, 1.82) is 0 Å². The molecule has 0 aliphatic carbocycles. The highest BCUT2D eigenvalue weighted by atomic mass is 16.5. The van der Waals surface area contributed by atoms with Gasteiger partial charge >= 0.3 is 0 Å². The molecule has 0 amide bonds. The van der Waals surface area contributed by atoms with Gasteiger partial charge in [-0.2, -0.15) is 0 Å². The van der Waals surface area contributed by atoms with Crippen LogP contribution in [0.5, 0.6) is 0 Å². The first-order valence-corrected chi connectivity index (χ1v) is 4.87. The fraction of sp³-hybridized carbons (Fsp3) is 1.00. The van der Waals surface area contributed by atoms with Gasteiger partial charge in [0.15, 0.2) is 0 Å². The number of hydrogen-bond acceptors (Lipinski definition) is 5. The average molecular weight is 208 g/mol. The summed E-state index contributed by atoms with van der Waals surface area (Å²) in [5.41, 5.74) is 0. The molecule has 1 unspecified atom stereocenters. The lowest BCUT2D eigenvalue weighted by Crippen LogP contribution is -2.23. The Labute approximate surface area is 84.3 Å². The lowest BCUT2D eigenvalue weighted by atomic mass is 10.2. The first-order chi connectivity index (χ1) is 6.85. The van der Waals surface area contributed by atoms with Crippen molar-refractivity contribution in [1.82, 2.24) is 0 Å². The molecule has 0 bridgehead atoms. The fourth-order valence-electron chi connectivity index (χ4n) is 1.03. The summed E-state index contributed by atoms with van der Waals surface area (Å²) in [5.74, 6) is 0. The molecule has 0 fully saturated rings. The van der Waals surface area contributed by atoms with E-state index >= 15 is 0 Å². The summed E-state index contributed by atoms with van der Waals surface area (Å²) in [7, 11) is 0. The second-order valence-corrected chi connectivity index (χ2v) is 2.88. The normalized spacial score (nSPS) is 13.1. The molecule has 14 heavy (non-hydrogen) atoms. The highest BCUT2D eigenvalue weighted by molar-refractivity contribution is 4.57. The van der Waals surface area contributed by atoms with Gasteiger partial charge in [0, 0.05) is 6.61 Å².